The van der Waals surface area contributed by atoms with Crippen molar-refractivity contribution in [2.75, 3.05) is 37.7 Å². The average molecular weight is 408 g/mol. The van der Waals surface area contributed by atoms with Crippen molar-refractivity contribution >= 4 is 11.7 Å². The van der Waals surface area contributed by atoms with Crippen LogP contribution in [-0.4, -0.2) is 73.1 Å². The smallest absolute Gasteiger partial charge is 0.316 e. The molecule has 1 aliphatic rings. The van der Waals surface area contributed by atoms with Crippen molar-refractivity contribution in [1.82, 2.24) is 34.4 Å². The van der Waals surface area contributed by atoms with E-state index in [1.807, 2.05) is 31.4 Å². The summed E-state index contributed by atoms with van der Waals surface area (Å²) in [4.78, 5) is 37.8. The second kappa shape index (κ2) is 8.44. The number of hydrogen-bond acceptors (Lipinski definition) is 8. The summed E-state index contributed by atoms with van der Waals surface area (Å²) in [5.41, 5.74) is 2.03. The van der Waals surface area contributed by atoms with E-state index < -0.39 is 0 Å². The van der Waals surface area contributed by atoms with Gasteiger partial charge in [-0.1, -0.05) is 0 Å². The maximum atomic E-state index is 12.4. The van der Waals surface area contributed by atoms with Crippen molar-refractivity contribution in [3.63, 3.8) is 0 Å². The van der Waals surface area contributed by atoms with Gasteiger partial charge in [-0.25, -0.2) is 24.9 Å². The molecule has 10 heteroatoms. The minimum absolute atomic E-state index is 0.0694. The lowest BCUT2D eigenvalue weighted by Gasteiger charge is -2.35. The lowest BCUT2D eigenvalue weighted by Crippen LogP contribution is -2.50. The summed E-state index contributed by atoms with van der Waals surface area (Å²) in [6, 6.07) is 3.87. The van der Waals surface area contributed by atoms with Crippen LogP contribution in [-0.2, 0) is 4.79 Å². The van der Waals surface area contributed by atoms with Gasteiger partial charge in [-0.05, 0) is 26.8 Å². The third kappa shape index (κ3) is 4.22. The average Bonchev–Trinajstić information content (AvgIpc) is 3.11. The maximum absolute atomic E-state index is 12.4. The first-order chi connectivity index (χ1) is 14.5. The largest absolute Gasteiger partial charge is 0.453 e. The number of hydrogen-bond donors (Lipinski definition) is 0. The molecule has 0 atom stereocenters. The van der Waals surface area contributed by atoms with E-state index in [0.717, 1.165) is 23.0 Å². The van der Waals surface area contributed by atoms with Crippen LogP contribution < -0.4 is 9.64 Å². The fourth-order valence-electron chi connectivity index (χ4n) is 3.31. The van der Waals surface area contributed by atoms with Gasteiger partial charge in [0, 0.05) is 50.3 Å². The SMILES string of the molecule is Cc1nc(N2CCN(C(=O)COc3ncccn3)CC2)cc(-n2cnc(C)c2C)n1. The van der Waals surface area contributed by atoms with Gasteiger partial charge in [0.2, 0.25) is 0 Å². The number of carbonyl (C=O) groups is 1. The number of rotatable bonds is 5. The second-order valence-electron chi connectivity index (χ2n) is 7.10. The number of amides is 1. The van der Waals surface area contributed by atoms with Crippen LogP contribution in [0.3, 0.4) is 0 Å². The molecule has 0 aromatic carbocycles. The van der Waals surface area contributed by atoms with Crippen molar-refractivity contribution in [2.24, 2.45) is 0 Å². The lowest BCUT2D eigenvalue weighted by molar-refractivity contribution is -0.133. The number of aromatic nitrogens is 6. The molecule has 3 aromatic heterocycles. The summed E-state index contributed by atoms with van der Waals surface area (Å²) in [5.74, 6) is 2.27. The Morgan fingerprint density at radius 2 is 1.70 bits per heavy atom. The predicted molar refractivity (Wildman–Crippen MR) is 110 cm³/mol. The number of ether oxygens (including phenoxy) is 1. The molecule has 0 radical (unpaired) electrons. The third-order valence-electron chi connectivity index (χ3n) is 5.13. The quantitative estimate of drug-likeness (QED) is 0.619. The van der Waals surface area contributed by atoms with Crippen LogP contribution in [0.1, 0.15) is 17.2 Å². The fraction of sp³-hybridized carbons (Fsp3) is 0.400. The molecule has 1 fully saturated rings. The van der Waals surface area contributed by atoms with Crippen molar-refractivity contribution in [2.45, 2.75) is 20.8 Å². The van der Waals surface area contributed by atoms with E-state index in [1.165, 1.54) is 0 Å². The van der Waals surface area contributed by atoms with Gasteiger partial charge >= 0.3 is 6.01 Å². The van der Waals surface area contributed by atoms with E-state index in [9.17, 15) is 4.79 Å². The minimum atomic E-state index is -0.0776. The van der Waals surface area contributed by atoms with Crippen LogP contribution >= 0.6 is 0 Å². The van der Waals surface area contributed by atoms with E-state index in [0.29, 0.717) is 32.0 Å². The molecule has 4 heterocycles. The van der Waals surface area contributed by atoms with Crippen LogP contribution in [0.5, 0.6) is 6.01 Å². The van der Waals surface area contributed by atoms with Crippen LogP contribution in [0.25, 0.3) is 5.82 Å². The molecule has 1 saturated heterocycles. The summed E-state index contributed by atoms with van der Waals surface area (Å²) in [5, 5.41) is 0. The van der Waals surface area contributed by atoms with Gasteiger partial charge < -0.3 is 14.5 Å². The monoisotopic (exact) mass is 408 g/mol. The molecule has 30 heavy (non-hydrogen) atoms. The standard InChI is InChI=1S/C20H24N8O2/c1-14-15(2)28(13-23-14)18-11-17(24-16(3)25-18)26-7-9-27(10-8-26)19(29)12-30-20-21-5-4-6-22-20/h4-6,11,13H,7-10,12H2,1-3H3. The summed E-state index contributed by atoms with van der Waals surface area (Å²) in [6.07, 6.45) is 4.94. The Morgan fingerprint density at radius 1 is 1.00 bits per heavy atom. The molecule has 156 valence electrons. The molecule has 3 aromatic rings. The molecule has 0 unspecified atom stereocenters. The Bertz CT molecular complexity index is 1030. The summed E-state index contributed by atoms with van der Waals surface area (Å²) in [6.45, 7) is 8.38. The van der Waals surface area contributed by atoms with Gasteiger partial charge in [-0.3, -0.25) is 9.36 Å². The summed E-state index contributed by atoms with van der Waals surface area (Å²) in [7, 11) is 0. The number of aryl methyl sites for hydroxylation is 2. The van der Waals surface area contributed by atoms with Gasteiger partial charge in [0.1, 0.15) is 23.8 Å². The molecule has 1 amide bonds. The zero-order valence-electron chi connectivity index (χ0n) is 17.3. The Balaban J connectivity index is 1.39. The Kier molecular flexibility index (Phi) is 5.55. The molecule has 4 rings (SSSR count). The molecular formula is C20H24N8O2. The lowest BCUT2D eigenvalue weighted by atomic mass is 10.3. The van der Waals surface area contributed by atoms with Crippen LogP contribution in [0.15, 0.2) is 30.9 Å². The second-order valence-corrected chi connectivity index (χ2v) is 7.10. The highest BCUT2D eigenvalue weighted by atomic mass is 16.5. The van der Waals surface area contributed by atoms with Gasteiger partial charge in [0.25, 0.3) is 5.91 Å². The van der Waals surface area contributed by atoms with Crippen molar-refractivity contribution in [3.05, 3.63) is 48.1 Å². The normalized spacial score (nSPS) is 14.1. The molecule has 0 N–H and O–H groups in total. The first kappa shape index (κ1) is 19.7. The van der Waals surface area contributed by atoms with Crippen LogP contribution in [0.4, 0.5) is 5.82 Å². The Labute approximate surface area is 174 Å². The molecule has 10 nitrogen and oxygen atoms in total. The number of carbonyl (C=O) groups excluding carboxylic acids is 1. The molecule has 0 spiro atoms. The van der Waals surface area contributed by atoms with E-state index in [-0.39, 0.29) is 18.5 Å². The van der Waals surface area contributed by atoms with Gasteiger partial charge in [-0.15, -0.1) is 0 Å². The Hall–Kier alpha value is -3.56. The van der Waals surface area contributed by atoms with Gasteiger partial charge in [0.15, 0.2) is 6.61 Å². The number of nitrogens with zero attached hydrogens (tertiary/aromatic N) is 8. The van der Waals surface area contributed by atoms with E-state index in [4.69, 9.17) is 4.74 Å². The highest BCUT2D eigenvalue weighted by Gasteiger charge is 2.23. The third-order valence-corrected chi connectivity index (χ3v) is 5.13. The molecular weight excluding hydrogens is 384 g/mol. The number of imidazole rings is 1. The molecule has 0 saturated carbocycles. The first-order valence-electron chi connectivity index (χ1n) is 9.80. The maximum Gasteiger partial charge on any atom is 0.316 e. The number of piperazine rings is 1. The summed E-state index contributed by atoms with van der Waals surface area (Å²) < 4.78 is 7.34. The molecule has 0 aliphatic carbocycles. The fourth-order valence-corrected chi connectivity index (χ4v) is 3.31. The van der Waals surface area contributed by atoms with E-state index >= 15 is 0 Å². The van der Waals surface area contributed by atoms with Crippen LogP contribution in [0, 0.1) is 20.8 Å². The molecule has 1 aliphatic heterocycles. The predicted octanol–water partition coefficient (Wildman–Crippen LogP) is 1.11. The zero-order chi connectivity index (χ0) is 21.1. The topological polar surface area (TPSA) is 102 Å². The number of anilines is 1. The van der Waals surface area contributed by atoms with Gasteiger partial charge in [-0.2, -0.15) is 0 Å². The zero-order valence-corrected chi connectivity index (χ0v) is 17.3. The van der Waals surface area contributed by atoms with E-state index in [1.54, 1.807) is 29.7 Å². The first-order valence-corrected chi connectivity index (χ1v) is 9.80. The van der Waals surface area contributed by atoms with Gasteiger partial charge in [0.05, 0.1) is 5.69 Å². The molecule has 0 bridgehead atoms. The summed E-state index contributed by atoms with van der Waals surface area (Å²) >= 11 is 0. The minimum Gasteiger partial charge on any atom is -0.453 e. The van der Waals surface area contributed by atoms with E-state index in [2.05, 4.69) is 29.8 Å². The van der Waals surface area contributed by atoms with Crippen molar-refractivity contribution in [1.29, 1.82) is 0 Å². The Morgan fingerprint density at radius 3 is 2.37 bits per heavy atom. The van der Waals surface area contributed by atoms with Crippen molar-refractivity contribution < 1.29 is 9.53 Å². The highest BCUT2D eigenvalue weighted by Crippen LogP contribution is 2.19. The highest BCUT2D eigenvalue weighted by molar-refractivity contribution is 5.78. The van der Waals surface area contributed by atoms with Crippen LogP contribution in [0.2, 0.25) is 0 Å². The van der Waals surface area contributed by atoms with Crippen molar-refractivity contribution in [3.8, 4) is 11.8 Å².